The molecule has 1 aromatic carbocycles. The minimum absolute atomic E-state index is 0.690. The Bertz CT molecular complexity index is 755. The molecule has 1 aliphatic heterocycles. The molecule has 1 N–H and O–H groups in total. The van der Waals surface area contributed by atoms with E-state index in [0.717, 1.165) is 67.8 Å². The molecule has 2 heterocycles. The molecule has 0 atom stereocenters. The normalized spacial score (nSPS) is 16.3. The van der Waals surface area contributed by atoms with E-state index < -0.39 is 0 Å². The highest BCUT2D eigenvalue weighted by Gasteiger charge is 2.20. The molecule has 2 aliphatic rings. The lowest BCUT2D eigenvalue weighted by Gasteiger charge is -2.10. The van der Waals surface area contributed by atoms with Crippen LogP contribution in [0.25, 0.3) is 11.3 Å². The third kappa shape index (κ3) is 5.02. The Morgan fingerprint density at radius 2 is 2.07 bits per heavy atom. The van der Waals surface area contributed by atoms with E-state index in [1.807, 2.05) is 23.9 Å². The van der Waals surface area contributed by atoms with Gasteiger partial charge < -0.3 is 19.5 Å². The first-order valence-corrected chi connectivity index (χ1v) is 10.0. The molecule has 146 valence electrons. The third-order valence-corrected chi connectivity index (χ3v) is 4.93. The number of aromatic nitrogens is 2. The fourth-order valence-corrected chi connectivity index (χ4v) is 3.28. The van der Waals surface area contributed by atoms with Gasteiger partial charge in [-0.05, 0) is 49.9 Å². The molecule has 6 nitrogen and oxygen atoms in total. The van der Waals surface area contributed by atoms with E-state index in [-0.39, 0.29) is 0 Å². The zero-order chi connectivity index (χ0) is 18.5. The van der Waals surface area contributed by atoms with E-state index in [9.17, 15) is 0 Å². The van der Waals surface area contributed by atoms with Gasteiger partial charge in [0.2, 0.25) is 0 Å². The first kappa shape index (κ1) is 18.3. The van der Waals surface area contributed by atoms with Crippen molar-refractivity contribution < 1.29 is 14.2 Å². The lowest BCUT2D eigenvalue weighted by Crippen LogP contribution is -2.16. The number of aryl methyl sites for hydroxylation is 1. The Balaban J connectivity index is 1.34. The maximum Gasteiger partial charge on any atom is 0.161 e. The maximum absolute atomic E-state index is 5.83. The molecule has 0 spiro atoms. The van der Waals surface area contributed by atoms with Crippen LogP contribution in [0.1, 0.15) is 31.2 Å². The molecule has 1 aliphatic carbocycles. The average molecular weight is 371 g/mol. The Morgan fingerprint density at radius 1 is 1.22 bits per heavy atom. The van der Waals surface area contributed by atoms with Gasteiger partial charge in [0.25, 0.3) is 0 Å². The van der Waals surface area contributed by atoms with E-state index in [1.165, 1.54) is 18.4 Å². The van der Waals surface area contributed by atoms with E-state index in [2.05, 4.69) is 22.7 Å². The van der Waals surface area contributed by atoms with Crippen molar-refractivity contribution in [2.24, 2.45) is 13.0 Å². The molecule has 2 aromatic rings. The fourth-order valence-electron chi connectivity index (χ4n) is 3.28. The summed E-state index contributed by atoms with van der Waals surface area (Å²) in [5.74, 6) is 2.46. The van der Waals surface area contributed by atoms with Gasteiger partial charge in [0.05, 0.1) is 18.9 Å². The van der Waals surface area contributed by atoms with Crippen molar-refractivity contribution >= 4 is 0 Å². The number of hydrogen-bond acceptors (Lipinski definition) is 5. The standard InChI is InChI=1S/C21H29N3O3/c1-24-14-18(13-22-8-2-9-25-15-16-4-5-16)21(23-24)17-6-7-19-20(12-17)27-11-3-10-26-19/h6-7,12,14,16,22H,2-5,8-11,13,15H2,1H3. The summed E-state index contributed by atoms with van der Waals surface area (Å²) in [5, 5.41) is 8.18. The van der Waals surface area contributed by atoms with Crippen molar-refractivity contribution in [3.05, 3.63) is 30.0 Å². The predicted molar refractivity (Wildman–Crippen MR) is 104 cm³/mol. The Kier molecular flexibility index (Phi) is 5.94. The molecule has 0 radical (unpaired) electrons. The van der Waals surface area contributed by atoms with Gasteiger partial charge in [-0.1, -0.05) is 0 Å². The van der Waals surface area contributed by atoms with Gasteiger partial charge in [-0.2, -0.15) is 5.10 Å². The second-order valence-electron chi connectivity index (χ2n) is 7.44. The van der Waals surface area contributed by atoms with Gasteiger partial charge in [0.1, 0.15) is 0 Å². The number of nitrogens with one attached hydrogen (secondary N) is 1. The van der Waals surface area contributed by atoms with Crippen molar-refractivity contribution in [1.82, 2.24) is 15.1 Å². The number of fused-ring (bicyclic) bond motifs is 1. The Labute approximate surface area is 160 Å². The first-order valence-electron chi connectivity index (χ1n) is 10.0. The fraction of sp³-hybridized carbons (Fsp3) is 0.571. The lowest BCUT2D eigenvalue weighted by atomic mass is 10.1. The van der Waals surface area contributed by atoms with Crippen LogP contribution in [-0.2, 0) is 18.3 Å². The topological polar surface area (TPSA) is 57.5 Å². The van der Waals surface area contributed by atoms with Crippen molar-refractivity contribution in [3.8, 4) is 22.8 Å². The van der Waals surface area contributed by atoms with Crippen LogP contribution in [0.5, 0.6) is 11.5 Å². The van der Waals surface area contributed by atoms with Crippen LogP contribution < -0.4 is 14.8 Å². The van der Waals surface area contributed by atoms with Crippen molar-refractivity contribution in [1.29, 1.82) is 0 Å². The molecule has 0 amide bonds. The SMILES string of the molecule is Cn1cc(CNCCCOCC2CC2)c(-c2ccc3c(c2)OCCCO3)n1. The van der Waals surface area contributed by atoms with Gasteiger partial charge in [-0.3, -0.25) is 4.68 Å². The molecular formula is C21H29N3O3. The number of benzene rings is 1. The van der Waals surface area contributed by atoms with Crippen LogP contribution in [-0.4, -0.2) is 42.8 Å². The average Bonchev–Trinajstić information content (AvgIpc) is 3.45. The van der Waals surface area contributed by atoms with Crippen LogP contribution in [0.3, 0.4) is 0 Å². The molecule has 6 heteroatoms. The van der Waals surface area contributed by atoms with E-state index in [1.54, 1.807) is 0 Å². The number of nitrogens with zero attached hydrogens (tertiary/aromatic N) is 2. The number of ether oxygens (including phenoxy) is 3. The highest BCUT2D eigenvalue weighted by molar-refractivity contribution is 5.66. The summed E-state index contributed by atoms with van der Waals surface area (Å²) in [6, 6.07) is 6.09. The zero-order valence-corrected chi connectivity index (χ0v) is 16.1. The third-order valence-electron chi connectivity index (χ3n) is 4.93. The summed E-state index contributed by atoms with van der Waals surface area (Å²) in [5.41, 5.74) is 3.24. The highest BCUT2D eigenvalue weighted by Crippen LogP contribution is 2.34. The van der Waals surface area contributed by atoms with Crippen LogP contribution in [0.15, 0.2) is 24.4 Å². The monoisotopic (exact) mass is 371 g/mol. The largest absolute Gasteiger partial charge is 0.490 e. The van der Waals surface area contributed by atoms with Gasteiger partial charge in [-0.15, -0.1) is 0 Å². The van der Waals surface area contributed by atoms with Gasteiger partial charge >= 0.3 is 0 Å². The second kappa shape index (κ2) is 8.76. The van der Waals surface area contributed by atoms with E-state index >= 15 is 0 Å². The molecular weight excluding hydrogens is 342 g/mol. The second-order valence-corrected chi connectivity index (χ2v) is 7.44. The molecule has 1 fully saturated rings. The quantitative estimate of drug-likeness (QED) is 0.686. The summed E-state index contributed by atoms with van der Waals surface area (Å²) in [4.78, 5) is 0. The van der Waals surface area contributed by atoms with Gasteiger partial charge in [0, 0.05) is 50.6 Å². The number of rotatable bonds is 9. The highest BCUT2D eigenvalue weighted by atomic mass is 16.5. The summed E-state index contributed by atoms with van der Waals surface area (Å²) in [7, 11) is 1.96. The molecule has 4 rings (SSSR count). The summed E-state index contributed by atoms with van der Waals surface area (Å²) in [6.45, 7) is 4.91. The summed E-state index contributed by atoms with van der Waals surface area (Å²) in [6.07, 6.45) is 6.72. The van der Waals surface area contributed by atoms with E-state index in [4.69, 9.17) is 14.2 Å². The summed E-state index contributed by atoms with van der Waals surface area (Å²) < 4.78 is 19.1. The number of hydrogen-bond donors (Lipinski definition) is 1. The first-order chi connectivity index (χ1) is 13.3. The lowest BCUT2D eigenvalue weighted by molar-refractivity contribution is 0.122. The summed E-state index contributed by atoms with van der Waals surface area (Å²) >= 11 is 0. The van der Waals surface area contributed by atoms with Crippen LogP contribution >= 0.6 is 0 Å². The van der Waals surface area contributed by atoms with Crippen molar-refractivity contribution in [2.45, 2.75) is 32.2 Å². The van der Waals surface area contributed by atoms with Gasteiger partial charge in [0.15, 0.2) is 11.5 Å². The van der Waals surface area contributed by atoms with E-state index in [0.29, 0.717) is 13.2 Å². The maximum atomic E-state index is 5.83. The Morgan fingerprint density at radius 3 is 2.93 bits per heavy atom. The van der Waals surface area contributed by atoms with Crippen molar-refractivity contribution in [2.75, 3.05) is 33.0 Å². The van der Waals surface area contributed by atoms with Crippen LogP contribution in [0, 0.1) is 5.92 Å². The predicted octanol–water partition coefficient (Wildman–Crippen LogP) is 3.15. The van der Waals surface area contributed by atoms with Crippen LogP contribution in [0.2, 0.25) is 0 Å². The minimum Gasteiger partial charge on any atom is -0.490 e. The minimum atomic E-state index is 0.690. The molecule has 0 saturated heterocycles. The molecule has 0 bridgehead atoms. The molecule has 0 unspecified atom stereocenters. The van der Waals surface area contributed by atoms with Crippen molar-refractivity contribution in [3.63, 3.8) is 0 Å². The molecule has 27 heavy (non-hydrogen) atoms. The van der Waals surface area contributed by atoms with Crippen LogP contribution in [0.4, 0.5) is 0 Å². The zero-order valence-electron chi connectivity index (χ0n) is 16.1. The Hall–Kier alpha value is -2.05. The van der Waals surface area contributed by atoms with Gasteiger partial charge in [-0.25, -0.2) is 0 Å². The molecule has 1 aromatic heterocycles. The molecule has 1 saturated carbocycles. The smallest absolute Gasteiger partial charge is 0.161 e.